The van der Waals surface area contributed by atoms with Gasteiger partial charge < -0.3 is 10.2 Å². The minimum Gasteiger partial charge on any atom is -0.480 e. The van der Waals surface area contributed by atoms with Crippen molar-refractivity contribution in [1.82, 2.24) is 0 Å². The molecule has 0 bridgehead atoms. The normalized spacial score (nSPS) is 28.6. The van der Waals surface area contributed by atoms with E-state index in [4.69, 9.17) is 10.2 Å². The van der Waals surface area contributed by atoms with Crippen molar-refractivity contribution < 1.29 is 19.8 Å². The molecule has 1 rings (SSSR count). The number of rotatable bonds is 2. The van der Waals surface area contributed by atoms with Gasteiger partial charge in [0.25, 0.3) is 0 Å². The summed E-state index contributed by atoms with van der Waals surface area (Å²) in [6.07, 6.45) is 0.886. The van der Waals surface area contributed by atoms with Crippen LogP contribution in [0.25, 0.3) is 0 Å². The van der Waals surface area contributed by atoms with Crippen LogP contribution in [0.5, 0.6) is 0 Å². The molecule has 4 heteroatoms. The molecule has 80 valence electrons. The van der Waals surface area contributed by atoms with Gasteiger partial charge in [-0.1, -0.05) is 20.8 Å². The summed E-state index contributed by atoms with van der Waals surface area (Å²) in [5.41, 5.74) is -2.29. The monoisotopic (exact) mass is 200 g/mol. The minimum atomic E-state index is -1.60. The first-order valence-corrected chi connectivity index (χ1v) is 4.73. The van der Waals surface area contributed by atoms with E-state index in [-0.39, 0.29) is 12.3 Å². The van der Waals surface area contributed by atoms with Gasteiger partial charge in [-0.15, -0.1) is 0 Å². The highest BCUT2D eigenvalue weighted by atomic mass is 16.4. The lowest BCUT2D eigenvalue weighted by Gasteiger charge is -2.36. The maximum Gasteiger partial charge on any atom is 0.321 e. The van der Waals surface area contributed by atoms with Crippen molar-refractivity contribution in [3.05, 3.63) is 0 Å². The van der Waals surface area contributed by atoms with Crippen molar-refractivity contribution in [3.63, 3.8) is 0 Å². The fraction of sp³-hybridized carbons (Fsp3) is 0.800. The van der Waals surface area contributed by atoms with Gasteiger partial charge in [0.1, 0.15) is 0 Å². The van der Waals surface area contributed by atoms with Crippen LogP contribution in [0, 0.1) is 16.7 Å². The van der Waals surface area contributed by atoms with Gasteiger partial charge >= 0.3 is 11.9 Å². The van der Waals surface area contributed by atoms with Crippen LogP contribution in [0.4, 0.5) is 0 Å². The second-order valence-corrected chi connectivity index (χ2v) is 4.68. The predicted molar refractivity (Wildman–Crippen MR) is 49.9 cm³/mol. The average Bonchev–Trinajstić information content (AvgIpc) is 2.24. The van der Waals surface area contributed by atoms with Crippen LogP contribution in [-0.4, -0.2) is 22.2 Å². The molecule has 1 atom stereocenters. The van der Waals surface area contributed by atoms with Gasteiger partial charge in [-0.3, -0.25) is 9.59 Å². The largest absolute Gasteiger partial charge is 0.480 e. The van der Waals surface area contributed by atoms with E-state index < -0.39 is 22.8 Å². The van der Waals surface area contributed by atoms with Crippen molar-refractivity contribution in [3.8, 4) is 0 Å². The Balaban J connectivity index is 3.26. The molecule has 0 spiro atoms. The Morgan fingerprint density at radius 2 is 1.64 bits per heavy atom. The molecular weight excluding hydrogens is 184 g/mol. The zero-order chi connectivity index (χ0) is 11.1. The van der Waals surface area contributed by atoms with Gasteiger partial charge in [-0.25, -0.2) is 0 Å². The third-order valence-corrected chi connectivity index (χ3v) is 4.01. The van der Waals surface area contributed by atoms with E-state index in [9.17, 15) is 9.59 Å². The Bertz CT molecular complexity index is 266. The molecule has 0 aliphatic heterocycles. The molecule has 0 saturated heterocycles. The van der Waals surface area contributed by atoms with Crippen LogP contribution >= 0.6 is 0 Å². The smallest absolute Gasteiger partial charge is 0.321 e. The number of hydrogen-bond donors (Lipinski definition) is 2. The van der Waals surface area contributed by atoms with E-state index in [1.165, 1.54) is 0 Å². The molecule has 0 aromatic rings. The molecule has 0 aromatic heterocycles. The lowest BCUT2D eigenvalue weighted by molar-refractivity contribution is -0.173. The van der Waals surface area contributed by atoms with Gasteiger partial charge in [0.05, 0.1) is 0 Å². The molecule has 0 aromatic carbocycles. The Labute approximate surface area is 82.9 Å². The second kappa shape index (κ2) is 2.97. The maximum absolute atomic E-state index is 11.1. The van der Waals surface area contributed by atoms with Crippen molar-refractivity contribution in [2.45, 2.75) is 33.6 Å². The summed E-state index contributed by atoms with van der Waals surface area (Å²) in [6.45, 7) is 5.37. The van der Waals surface area contributed by atoms with Crippen molar-refractivity contribution in [1.29, 1.82) is 0 Å². The summed E-state index contributed by atoms with van der Waals surface area (Å²) in [5, 5.41) is 18.2. The minimum absolute atomic E-state index is 0.120. The molecular formula is C10H16O4. The SMILES string of the molecule is CC1CCC(C(=O)O)(C(=O)O)C1(C)C. The zero-order valence-electron chi connectivity index (χ0n) is 8.70. The van der Waals surface area contributed by atoms with Crippen molar-refractivity contribution >= 4 is 11.9 Å². The number of carboxylic acids is 2. The Hall–Kier alpha value is -1.06. The van der Waals surface area contributed by atoms with Crippen LogP contribution < -0.4 is 0 Å². The highest BCUT2D eigenvalue weighted by molar-refractivity contribution is 5.99. The zero-order valence-corrected chi connectivity index (χ0v) is 8.70. The fourth-order valence-corrected chi connectivity index (χ4v) is 2.39. The summed E-state index contributed by atoms with van der Waals surface area (Å²) in [5.74, 6) is -2.30. The van der Waals surface area contributed by atoms with E-state index in [0.717, 1.165) is 0 Å². The van der Waals surface area contributed by atoms with Crippen LogP contribution in [0.2, 0.25) is 0 Å². The Morgan fingerprint density at radius 1 is 1.21 bits per heavy atom. The molecule has 2 N–H and O–H groups in total. The van der Waals surface area contributed by atoms with Crippen molar-refractivity contribution in [2.75, 3.05) is 0 Å². The van der Waals surface area contributed by atoms with Gasteiger partial charge in [-0.2, -0.15) is 0 Å². The highest BCUT2D eigenvalue weighted by Crippen LogP contribution is 2.56. The van der Waals surface area contributed by atoms with Crippen LogP contribution in [-0.2, 0) is 9.59 Å². The van der Waals surface area contributed by atoms with E-state index >= 15 is 0 Å². The third-order valence-electron chi connectivity index (χ3n) is 4.01. The number of carboxylic acid groups (broad SMARTS) is 2. The van der Waals surface area contributed by atoms with Crippen molar-refractivity contribution in [2.24, 2.45) is 16.7 Å². The van der Waals surface area contributed by atoms with E-state index in [1.807, 2.05) is 6.92 Å². The second-order valence-electron chi connectivity index (χ2n) is 4.68. The third kappa shape index (κ3) is 1.06. The van der Waals surface area contributed by atoms with E-state index in [0.29, 0.717) is 6.42 Å². The molecule has 1 fully saturated rings. The van der Waals surface area contributed by atoms with Crippen LogP contribution in [0.3, 0.4) is 0 Å². The predicted octanol–water partition coefficient (Wildman–Crippen LogP) is 1.60. The van der Waals surface area contributed by atoms with E-state index in [1.54, 1.807) is 13.8 Å². The first-order valence-electron chi connectivity index (χ1n) is 4.73. The summed E-state index contributed by atoms with van der Waals surface area (Å²) in [6, 6.07) is 0. The molecule has 0 heterocycles. The van der Waals surface area contributed by atoms with Gasteiger partial charge in [0, 0.05) is 0 Å². The van der Waals surface area contributed by atoms with Gasteiger partial charge in [0.15, 0.2) is 5.41 Å². The molecule has 14 heavy (non-hydrogen) atoms. The Morgan fingerprint density at radius 3 is 1.79 bits per heavy atom. The maximum atomic E-state index is 11.1. The first kappa shape index (κ1) is 11.0. The van der Waals surface area contributed by atoms with E-state index in [2.05, 4.69) is 0 Å². The molecule has 0 radical (unpaired) electrons. The first-order chi connectivity index (χ1) is 6.26. The Kier molecular flexibility index (Phi) is 2.34. The molecule has 1 aliphatic rings. The summed E-state index contributed by atoms with van der Waals surface area (Å²) < 4.78 is 0. The fourth-order valence-electron chi connectivity index (χ4n) is 2.39. The van der Waals surface area contributed by atoms with Crippen LogP contribution in [0.15, 0.2) is 0 Å². The molecule has 1 saturated carbocycles. The molecule has 1 unspecified atom stereocenters. The average molecular weight is 200 g/mol. The molecule has 4 nitrogen and oxygen atoms in total. The number of hydrogen-bond acceptors (Lipinski definition) is 2. The number of carbonyl (C=O) groups is 2. The summed E-state index contributed by atoms with van der Waals surface area (Å²) >= 11 is 0. The lowest BCUT2D eigenvalue weighted by atomic mass is 9.65. The number of aliphatic carboxylic acids is 2. The lowest BCUT2D eigenvalue weighted by Crippen LogP contribution is -2.48. The summed E-state index contributed by atoms with van der Waals surface area (Å²) in [4.78, 5) is 22.3. The van der Waals surface area contributed by atoms with Crippen LogP contribution in [0.1, 0.15) is 33.6 Å². The standard InChI is InChI=1S/C10H16O4/c1-6-4-5-10(7(11)12,8(13)14)9(6,2)3/h6H,4-5H2,1-3H3,(H,11,12)(H,13,14). The topological polar surface area (TPSA) is 74.6 Å². The summed E-state index contributed by atoms with van der Waals surface area (Å²) in [7, 11) is 0. The quantitative estimate of drug-likeness (QED) is 0.664. The van der Waals surface area contributed by atoms with Gasteiger partial charge in [0.2, 0.25) is 0 Å². The highest BCUT2D eigenvalue weighted by Gasteiger charge is 2.63. The molecule has 0 amide bonds. The molecule has 1 aliphatic carbocycles. The van der Waals surface area contributed by atoms with Gasteiger partial charge in [-0.05, 0) is 24.2 Å².